The number of hydrogen-bond donors (Lipinski definition) is 2. The second kappa shape index (κ2) is 7.97. The first kappa shape index (κ1) is 20.5. The molecule has 32 heavy (non-hydrogen) atoms. The molecule has 2 amide bonds. The van der Waals surface area contributed by atoms with Gasteiger partial charge in [0.2, 0.25) is 5.91 Å². The molecule has 0 saturated carbocycles. The summed E-state index contributed by atoms with van der Waals surface area (Å²) < 4.78 is 5.49. The van der Waals surface area contributed by atoms with Gasteiger partial charge in [-0.25, -0.2) is 9.59 Å². The number of fused-ring (bicyclic) bond motifs is 5. The zero-order valence-electron chi connectivity index (χ0n) is 17.8. The standard InChI is InChI=1S/C25H26N2O5/c28-22(27-16-9-12-25(27,13-10-16)23(29)30)11-14-26-24(31)32-15-21-19-7-3-1-5-17(19)18-6-2-4-8-20(18)21/h1-8,16,21H,9-15H2,(H,26,31)(H,29,30). The number of amides is 2. The molecule has 5 rings (SSSR count). The summed E-state index contributed by atoms with van der Waals surface area (Å²) in [6.45, 7) is 0.332. The van der Waals surface area contributed by atoms with Gasteiger partial charge in [-0.1, -0.05) is 48.5 Å². The van der Waals surface area contributed by atoms with E-state index in [1.807, 2.05) is 24.3 Å². The normalized spacial score (nSPS) is 23.0. The molecule has 2 aromatic rings. The molecule has 166 valence electrons. The molecule has 1 aliphatic carbocycles. The van der Waals surface area contributed by atoms with Gasteiger partial charge in [0.15, 0.2) is 0 Å². The molecule has 0 spiro atoms. The maximum absolute atomic E-state index is 12.7. The maximum Gasteiger partial charge on any atom is 0.407 e. The zero-order valence-corrected chi connectivity index (χ0v) is 17.8. The molecule has 2 aliphatic heterocycles. The van der Waals surface area contributed by atoms with Gasteiger partial charge in [-0.2, -0.15) is 0 Å². The van der Waals surface area contributed by atoms with E-state index in [0.29, 0.717) is 12.8 Å². The van der Waals surface area contributed by atoms with Crippen LogP contribution in [-0.4, -0.2) is 52.7 Å². The van der Waals surface area contributed by atoms with Crippen molar-refractivity contribution in [3.8, 4) is 11.1 Å². The number of nitrogens with one attached hydrogen (secondary N) is 1. The van der Waals surface area contributed by atoms with Gasteiger partial charge in [-0.15, -0.1) is 0 Å². The van der Waals surface area contributed by atoms with Crippen molar-refractivity contribution in [3.63, 3.8) is 0 Å². The van der Waals surface area contributed by atoms with E-state index < -0.39 is 17.6 Å². The van der Waals surface area contributed by atoms with Crippen molar-refractivity contribution in [1.82, 2.24) is 10.2 Å². The molecule has 7 heteroatoms. The highest BCUT2D eigenvalue weighted by molar-refractivity contribution is 5.89. The van der Waals surface area contributed by atoms with Crippen LogP contribution in [0.3, 0.4) is 0 Å². The third-order valence-corrected chi connectivity index (χ3v) is 7.23. The quantitative estimate of drug-likeness (QED) is 0.725. The predicted molar refractivity (Wildman–Crippen MR) is 117 cm³/mol. The summed E-state index contributed by atoms with van der Waals surface area (Å²) >= 11 is 0. The van der Waals surface area contributed by atoms with Crippen LogP contribution in [0, 0.1) is 0 Å². The first-order valence-corrected chi connectivity index (χ1v) is 11.2. The number of aliphatic carboxylic acids is 1. The molecule has 2 heterocycles. The summed E-state index contributed by atoms with van der Waals surface area (Å²) in [5.41, 5.74) is 3.55. The van der Waals surface area contributed by atoms with Gasteiger partial charge in [-0.3, -0.25) is 4.79 Å². The van der Waals surface area contributed by atoms with E-state index >= 15 is 0 Å². The highest BCUT2D eigenvalue weighted by Crippen LogP contribution is 2.47. The number of rotatable bonds is 6. The van der Waals surface area contributed by atoms with Gasteiger partial charge < -0.3 is 20.1 Å². The van der Waals surface area contributed by atoms with Crippen LogP contribution in [0.25, 0.3) is 11.1 Å². The summed E-state index contributed by atoms with van der Waals surface area (Å²) in [6, 6.07) is 16.3. The Morgan fingerprint density at radius 1 is 1.00 bits per heavy atom. The number of nitrogens with zero attached hydrogens (tertiary/aromatic N) is 1. The Labute approximate surface area is 186 Å². The topological polar surface area (TPSA) is 95.9 Å². The summed E-state index contributed by atoms with van der Waals surface area (Å²) in [5, 5.41) is 12.3. The minimum atomic E-state index is -1.05. The number of hydrogen-bond acceptors (Lipinski definition) is 4. The molecule has 2 fully saturated rings. The van der Waals surface area contributed by atoms with Crippen LogP contribution in [0.1, 0.15) is 49.1 Å². The van der Waals surface area contributed by atoms with Crippen molar-refractivity contribution in [1.29, 1.82) is 0 Å². The lowest BCUT2D eigenvalue weighted by Gasteiger charge is -2.30. The second-order valence-electron chi connectivity index (χ2n) is 8.83. The highest BCUT2D eigenvalue weighted by atomic mass is 16.5. The average Bonchev–Trinajstić information content (AvgIpc) is 3.46. The van der Waals surface area contributed by atoms with E-state index in [0.717, 1.165) is 35.1 Å². The van der Waals surface area contributed by atoms with Crippen LogP contribution < -0.4 is 5.32 Å². The molecule has 0 unspecified atom stereocenters. The molecule has 0 atom stereocenters. The van der Waals surface area contributed by atoms with Gasteiger partial charge in [-0.05, 0) is 47.9 Å². The van der Waals surface area contributed by atoms with Crippen LogP contribution in [0.2, 0.25) is 0 Å². The molecule has 7 nitrogen and oxygen atoms in total. The molecule has 2 bridgehead atoms. The number of alkyl carbamates (subject to hydrolysis) is 1. The highest BCUT2D eigenvalue weighted by Gasteiger charge is 2.58. The SMILES string of the molecule is O=C(NCCC(=O)N1C2CCC1(C(=O)O)CC2)OCC1c2ccccc2-c2ccccc21. The van der Waals surface area contributed by atoms with E-state index in [-0.39, 0.29) is 37.4 Å². The lowest BCUT2D eigenvalue weighted by molar-refractivity contribution is -0.155. The van der Waals surface area contributed by atoms with Crippen molar-refractivity contribution in [2.45, 2.75) is 49.6 Å². The lowest BCUT2D eigenvalue weighted by Crippen LogP contribution is -2.51. The minimum Gasteiger partial charge on any atom is -0.479 e. The van der Waals surface area contributed by atoms with Crippen molar-refractivity contribution in [2.75, 3.05) is 13.2 Å². The van der Waals surface area contributed by atoms with Crippen molar-refractivity contribution >= 4 is 18.0 Å². The third kappa shape index (κ3) is 3.23. The minimum absolute atomic E-state index is 0.00746. The summed E-state index contributed by atoms with van der Waals surface area (Å²) in [5.74, 6) is -1.16. The first-order valence-electron chi connectivity index (χ1n) is 11.2. The fourth-order valence-corrected chi connectivity index (χ4v) is 5.73. The van der Waals surface area contributed by atoms with Gasteiger partial charge >= 0.3 is 12.1 Å². The van der Waals surface area contributed by atoms with Crippen LogP contribution in [0.15, 0.2) is 48.5 Å². The molecular formula is C25H26N2O5. The number of carbonyl (C=O) groups excluding carboxylic acids is 2. The van der Waals surface area contributed by atoms with E-state index in [4.69, 9.17) is 4.74 Å². The summed E-state index contributed by atoms with van der Waals surface area (Å²) in [7, 11) is 0. The van der Waals surface area contributed by atoms with E-state index in [1.165, 1.54) is 0 Å². The van der Waals surface area contributed by atoms with E-state index in [1.54, 1.807) is 4.90 Å². The van der Waals surface area contributed by atoms with Gasteiger partial charge in [0, 0.05) is 24.9 Å². The van der Waals surface area contributed by atoms with Crippen LogP contribution in [0.5, 0.6) is 0 Å². The van der Waals surface area contributed by atoms with E-state index in [2.05, 4.69) is 29.6 Å². The smallest absolute Gasteiger partial charge is 0.407 e. The Morgan fingerprint density at radius 3 is 2.19 bits per heavy atom. The Kier molecular flexibility index (Phi) is 5.12. The maximum atomic E-state index is 12.7. The Morgan fingerprint density at radius 2 is 1.59 bits per heavy atom. The second-order valence-corrected chi connectivity index (χ2v) is 8.83. The molecular weight excluding hydrogens is 408 g/mol. The van der Waals surface area contributed by atoms with Crippen molar-refractivity contribution in [2.24, 2.45) is 0 Å². The fraction of sp³-hybridized carbons (Fsp3) is 0.400. The Balaban J connectivity index is 1.15. The Hall–Kier alpha value is -3.35. The monoisotopic (exact) mass is 434 g/mol. The van der Waals surface area contributed by atoms with Crippen molar-refractivity contribution < 1.29 is 24.2 Å². The average molecular weight is 434 g/mol. The van der Waals surface area contributed by atoms with Crippen LogP contribution >= 0.6 is 0 Å². The summed E-state index contributed by atoms with van der Waals surface area (Å²) in [4.78, 5) is 38.3. The first-order chi connectivity index (χ1) is 15.5. The molecule has 2 N–H and O–H groups in total. The van der Waals surface area contributed by atoms with Crippen LogP contribution in [-0.2, 0) is 14.3 Å². The zero-order chi connectivity index (χ0) is 22.3. The third-order valence-electron chi connectivity index (χ3n) is 7.23. The van der Waals surface area contributed by atoms with Gasteiger partial charge in [0.1, 0.15) is 12.1 Å². The molecule has 2 saturated heterocycles. The molecule has 2 aromatic carbocycles. The largest absolute Gasteiger partial charge is 0.479 e. The number of carbonyl (C=O) groups is 3. The van der Waals surface area contributed by atoms with Crippen molar-refractivity contribution in [3.05, 3.63) is 59.7 Å². The molecule has 0 radical (unpaired) electrons. The molecule has 0 aromatic heterocycles. The molecule has 3 aliphatic rings. The number of carboxylic acids is 1. The van der Waals surface area contributed by atoms with Gasteiger partial charge in [0.25, 0.3) is 0 Å². The van der Waals surface area contributed by atoms with Gasteiger partial charge in [0.05, 0.1) is 0 Å². The number of benzene rings is 2. The number of ether oxygens (including phenoxy) is 1. The predicted octanol–water partition coefficient (Wildman–Crippen LogP) is 3.52. The lowest BCUT2D eigenvalue weighted by atomic mass is 9.88. The fourth-order valence-electron chi connectivity index (χ4n) is 5.73. The summed E-state index contributed by atoms with van der Waals surface area (Å²) in [6.07, 6.45) is 1.99. The van der Waals surface area contributed by atoms with E-state index in [9.17, 15) is 19.5 Å². The Bertz CT molecular complexity index is 1030. The number of carboxylic acid groups (broad SMARTS) is 1. The van der Waals surface area contributed by atoms with Crippen LogP contribution in [0.4, 0.5) is 4.79 Å².